The van der Waals surface area contributed by atoms with Gasteiger partial charge < -0.3 is 5.32 Å². The van der Waals surface area contributed by atoms with Crippen molar-refractivity contribution in [1.82, 2.24) is 4.90 Å². The van der Waals surface area contributed by atoms with Crippen LogP contribution in [0.15, 0.2) is 47.5 Å². The van der Waals surface area contributed by atoms with Gasteiger partial charge in [-0.3, -0.25) is 14.5 Å². The van der Waals surface area contributed by atoms with Crippen LogP contribution in [0.3, 0.4) is 0 Å². The van der Waals surface area contributed by atoms with E-state index in [1.54, 1.807) is 29.2 Å². The number of benzene rings is 2. The second-order valence-electron chi connectivity index (χ2n) is 6.20. The highest BCUT2D eigenvalue weighted by Gasteiger charge is 2.38. The van der Waals surface area contributed by atoms with Gasteiger partial charge in [0.1, 0.15) is 11.1 Å². The van der Waals surface area contributed by atoms with E-state index in [9.17, 15) is 14.0 Å². The molecule has 1 unspecified atom stereocenters. The van der Waals surface area contributed by atoms with E-state index >= 15 is 0 Å². The van der Waals surface area contributed by atoms with Crippen LogP contribution < -0.4 is 5.32 Å². The molecule has 5 nitrogen and oxygen atoms in total. The molecule has 0 aliphatic carbocycles. The van der Waals surface area contributed by atoms with Crippen LogP contribution >= 0.6 is 23.4 Å². The Morgan fingerprint density at radius 2 is 2.04 bits per heavy atom. The summed E-state index contributed by atoms with van der Waals surface area (Å²) in [7, 11) is 0. The van der Waals surface area contributed by atoms with E-state index in [1.165, 1.54) is 23.9 Å². The number of para-hydroxylation sites is 1. The highest BCUT2D eigenvalue weighted by Crippen LogP contribution is 2.33. The van der Waals surface area contributed by atoms with Crippen molar-refractivity contribution < 1.29 is 14.0 Å². The minimum Gasteiger partial charge on any atom is -0.324 e. The number of nitrogens with zero attached hydrogens (tertiary/aromatic N) is 2. The molecule has 0 aromatic heterocycles. The van der Waals surface area contributed by atoms with Crippen molar-refractivity contribution in [3.63, 3.8) is 0 Å². The zero-order valence-corrected chi connectivity index (χ0v) is 17.0. The maximum Gasteiger partial charge on any atom is 0.242 e. The molecule has 28 heavy (non-hydrogen) atoms. The summed E-state index contributed by atoms with van der Waals surface area (Å²) < 4.78 is 13.7. The first kappa shape index (κ1) is 20.4. The zero-order chi connectivity index (χ0) is 20.3. The fraction of sp³-hybridized carbons (Fsp3) is 0.250. The Balaban J connectivity index is 1.76. The third-order valence-electron chi connectivity index (χ3n) is 4.31. The van der Waals surface area contributed by atoms with Gasteiger partial charge in [-0.25, -0.2) is 9.38 Å². The quantitative estimate of drug-likeness (QED) is 0.759. The van der Waals surface area contributed by atoms with Crippen LogP contribution in [0.1, 0.15) is 18.9 Å². The van der Waals surface area contributed by atoms with Gasteiger partial charge >= 0.3 is 0 Å². The second kappa shape index (κ2) is 8.75. The number of thioether (sulfide) groups is 1. The van der Waals surface area contributed by atoms with Crippen molar-refractivity contribution in [2.75, 3.05) is 11.9 Å². The van der Waals surface area contributed by atoms with Gasteiger partial charge in [-0.05, 0) is 43.7 Å². The summed E-state index contributed by atoms with van der Waals surface area (Å²) >= 11 is 7.38. The first-order valence-electron chi connectivity index (χ1n) is 8.77. The largest absolute Gasteiger partial charge is 0.324 e. The maximum absolute atomic E-state index is 13.7. The molecule has 1 heterocycles. The zero-order valence-electron chi connectivity index (χ0n) is 15.4. The Morgan fingerprint density at radius 3 is 2.75 bits per heavy atom. The number of rotatable bonds is 5. The molecule has 1 fully saturated rings. The van der Waals surface area contributed by atoms with Crippen LogP contribution in [-0.2, 0) is 9.59 Å². The number of halogens is 2. The van der Waals surface area contributed by atoms with Crippen LogP contribution in [0.4, 0.5) is 15.8 Å². The Bertz CT molecular complexity index is 951. The Labute approximate surface area is 172 Å². The molecule has 8 heteroatoms. The molecule has 2 aromatic rings. The van der Waals surface area contributed by atoms with E-state index in [0.29, 0.717) is 22.4 Å². The van der Waals surface area contributed by atoms with Crippen molar-refractivity contribution in [3.05, 3.63) is 58.9 Å². The average molecular weight is 420 g/mol. The number of hydrogen-bond donors (Lipinski definition) is 1. The Hall–Kier alpha value is -2.38. The molecule has 1 saturated heterocycles. The predicted octanol–water partition coefficient (Wildman–Crippen LogP) is 4.77. The van der Waals surface area contributed by atoms with E-state index in [-0.39, 0.29) is 18.0 Å². The molecule has 0 bridgehead atoms. The molecule has 2 aromatic carbocycles. The number of nitrogens with one attached hydrogen (secondary N) is 1. The highest BCUT2D eigenvalue weighted by atomic mass is 35.5. The number of amidine groups is 1. The van der Waals surface area contributed by atoms with Crippen LogP contribution in [0, 0.1) is 12.7 Å². The summed E-state index contributed by atoms with van der Waals surface area (Å²) in [4.78, 5) is 31.1. The first-order chi connectivity index (χ1) is 13.4. The molecule has 0 saturated carbocycles. The smallest absolute Gasteiger partial charge is 0.242 e. The van der Waals surface area contributed by atoms with Crippen molar-refractivity contribution >= 4 is 51.7 Å². The average Bonchev–Trinajstić information content (AvgIpc) is 2.95. The van der Waals surface area contributed by atoms with E-state index in [0.717, 1.165) is 5.56 Å². The number of carbonyl (C=O) groups excluding carboxylic acids is 2. The van der Waals surface area contributed by atoms with Gasteiger partial charge in [0.2, 0.25) is 11.8 Å². The normalized spacial score (nSPS) is 18.0. The number of aliphatic imine (C=N–C) groups is 1. The monoisotopic (exact) mass is 419 g/mol. The van der Waals surface area contributed by atoms with Gasteiger partial charge in [0.15, 0.2) is 5.17 Å². The summed E-state index contributed by atoms with van der Waals surface area (Å²) in [6.45, 7) is 4.15. The lowest BCUT2D eigenvalue weighted by molar-refractivity contribution is -0.128. The lowest BCUT2D eigenvalue weighted by Crippen LogP contribution is -2.33. The van der Waals surface area contributed by atoms with Gasteiger partial charge in [-0.1, -0.05) is 41.6 Å². The molecule has 1 aliphatic heterocycles. The van der Waals surface area contributed by atoms with E-state index in [4.69, 9.17) is 11.6 Å². The number of anilines is 1. The fourth-order valence-corrected chi connectivity index (χ4v) is 4.15. The summed E-state index contributed by atoms with van der Waals surface area (Å²) in [6.07, 6.45) is -0.0676. The van der Waals surface area contributed by atoms with E-state index < -0.39 is 17.0 Å². The van der Waals surface area contributed by atoms with Crippen molar-refractivity contribution in [2.24, 2.45) is 4.99 Å². The highest BCUT2D eigenvalue weighted by molar-refractivity contribution is 8.15. The number of carbonyl (C=O) groups is 2. The van der Waals surface area contributed by atoms with Crippen LogP contribution in [-0.4, -0.2) is 33.7 Å². The SMILES string of the molecule is CCN1C(=O)C(CC(=O)Nc2ccccc2F)SC1=Nc1cccc(Cl)c1C. The Kier molecular flexibility index (Phi) is 6.36. The number of amides is 2. The minimum atomic E-state index is -0.607. The molecule has 1 atom stereocenters. The maximum atomic E-state index is 13.7. The molecule has 0 radical (unpaired) electrons. The molecule has 3 rings (SSSR count). The van der Waals surface area contributed by atoms with E-state index in [2.05, 4.69) is 10.3 Å². The Morgan fingerprint density at radius 1 is 1.29 bits per heavy atom. The van der Waals surface area contributed by atoms with Gasteiger partial charge in [0, 0.05) is 18.0 Å². The topological polar surface area (TPSA) is 61.8 Å². The van der Waals surface area contributed by atoms with Gasteiger partial charge in [0.25, 0.3) is 0 Å². The first-order valence-corrected chi connectivity index (χ1v) is 10.0. The van der Waals surface area contributed by atoms with Crippen molar-refractivity contribution in [1.29, 1.82) is 0 Å². The second-order valence-corrected chi connectivity index (χ2v) is 7.78. The summed E-state index contributed by atoms with van der Waals surface area (Å²) in [6, 6.07) is 11.3. The van der Waals surface area contributed by atoms with Crippen LogP contribution in [0.25, 0.3) is 0 Å². The third kappa shape index (κ3) is 4.36. The molecule has 146 valence electrons. The molecule has 1 aliphatic rings. The molecule has 0 spiro atoms. The van der Waals surface area contributed by atoms with Crippen molar-refractivity contribution in [2.45, 2.75) is 25.5 Å². The summed E-state index contributed by atoms with van der Waals surface area (Å²) in [5, 5.41) is 3.04. The lowest BCUT2D eigenvalue weighted by atomic mass is 10.2. The van der Waals surface area contributed by atoms with Crippen molar-refractivity contribution in [3.8, 4) is 0 Å². The lowest BCUT2D eigenvalue weighted by Gasteiger charge is -2.14. The molecular formula is C20H19ClFN3O2S. The molecule has 2 amide bonds. The predicted molar refractivity (Wildman–Crippen MR) is 112 cm³/mol. The van der Waals surface area contributed by atoms with Crippen LogP contribution in [0.5, 0.6) is 0 Å². The summed E-state index contributed by atoms with van der Waals surface area (Å²) in [5.41, 5.74) is 1.60. The molecule has 1 N–H and O–H groups in total. The standard InChI is InChI=1S/C20H19ClFN3O2S/c1-3-25-19(27)17(11-18(26)23-16-9-5-4-8-14(16)22)28-20(25)24-15-10-6-7-13(21)12(15)2/h4-10,17H,3,11H2,1-2H3,(H,23,26). The van der Waals surface area contributed by atoms with E-state index in [1.807, 2.05) is 19.9 Å². The fourth-order valence-electron chi connectivity index (χ4n) is 2.77. The molecular weight excluding hydrogens is 401 g/mol. The van der Waals surface area contributed by atoms with Gasteiger partial charge in [-0.15, -0.1) is 0 Å². The van der Waals surface area contributed by atoms with Crippen LogP contribution in [0.2, 0.25) is 5.02 Å². The van der Waals surface area contributed by atoms with Gasteiger partial charge in [-0.2, -0.15) is 0 Å². The minimum absolute atomic E-state index is 0.0676. The van der Waals surface area contributed by atoms with Gasteiger partial charge in [0.05, 0.1) is 11.4 Å². The number of hydrogen-bond acceptors (Lipinski definition) is 4. The third-order valence-corrected chi connectivity index (χ3v) is 5.89. The summed E-state index contributed by atoms with van der Waals surface area (Å²) in [5.74, 6) is -1.13.